The Morgan fingerprint density at radius 2 is 2.26 bits per heavy atom. The van der Waals surface area contributed by atoms with E-state index in [1.54, 1.807) is 19.1 Å². The van der Waals surface area contributed by atoms with Crippen molar-refractivity contribution in [3.8, 4) is 0 Å². The van der Waals surface area contributed by atoms with Gasteiger partial charge in [0.25, 0.3) is 11.6 Å². The molecular formula is C14H15N5O3S. The van der Waals surface area contributed by atoms with E-state index >= 15 is 0 Å². The van der Waals surface area contributed by atoms with E-state index < -0.39 is 4.92 Å². The first-order valence-corrected chi connectivity index (χ1v) is 7.78. The fraction of sp³-hybridized carbons (Fsp3) is 0.214. The molecule has 2 aromatic rings. The van der Waals surface area contributed by atoms with Gasteiger partial charge in [-0.25, -0.2) is 4.68 Å². The van der Waals surface area contributed by atoms with Crippen molar-refractivity contribution in [2.24, 2.45) is 0 Å². The highest BCUT2D eigenvalue weighted by molar-refractivity contribution is 7.99. The highest BCUT2D eigenvalue weighted by Gasteiger charge is 2.10. The van der Waals surface area contributed by atoms with Crippen LogP contribution in [0.25, 0.3) is 6.08 Å². The van der Waals surface area contributed by atoms with Crippen LogP contribution in [0.2, 0.25) is 0 Å². The van der Waals surface area contributed by atoms with Crippen molar-refractivity contribution < 1.29 is 9.72 Å². The number of non-ortho nitro benzene ring substituents is 1. The van der Waals surface area contributed by atoms with Crippen LogP contribution in [0.1, 0.15) is 18.3 Å². The van der Waals surface area contributed by atoms with Gasteiger partial charge in [0.2, 0.25) is 5.16 Å². The molecule has 0 radical (unpaired) electrons. The first-order chi connectivity index (χ1) is 11.0. The van der Waals surface area contributed by atoms with Crippen LogP contribution in [-0.4, -0.2) is 31.5 Å². The predicted octanol–water partition coefficient (Wildman–Crippen LogP) is 2.39. The summed E-state index contributed by atoms with van der Waals surface area (Å²) >= 11 is 1.46. The summed E-state index contributed by atoms with van der Waals surface area (Å²) in [4.78, 5) is 22.2. The molecule has 1 N–H and O–H groups in total. The fourth-order valence-corrected chi connectivity index (χ4v) is 2.42. The summed E-state index contributed by atoms with van der Waals surface area (Å²) < 4.78 is 1.51. The van der Waals surface area contributed by atoms with E-state index in [1.807, 2.05) is 6.92 Å². The van der Waals surface area contributed by atoms with Gasteiger partial charge in [-0.05, 0) is 24.3 Å². The Morgan fingerprint density at radius 1 is 1.48 bits per heavy atom. The highest BCUT2D eigenvalue weighted by Crippen LogP contribution is 2.15. The second-order valence-electron chi connectivity index (χ2n) is 4.46. The zero-order valence-electron chi connectivity index (χ0n) is 12.6. The fourth-order valence-electron chi connectivity index (χ4n) is 1.76. The zero-order chi connectivity index (χ0) is 16.8. The number of benzene rings is 1. The number of carbonyl (C=O) groups is 1. The summed E-state index contributed by atoms with van der Waals surface area (Å²) in [6.45, 7) is 3.71. The van der Waals surface area contributed by atoms with Crippen molar-refractivity contribution >= 4 is 29.4 Å². The Morgan fingerprint density at radius 3 is 2.96 bits per heavy atom. The monoisotopic (exact) mass is 333 g/mol. The molecular weight excluding hydrogens is 318 g/mol. The van der Waals surface area contributed by atoms with E-state index in [4.69, 9.17) is 0 Å². The molecule has 0 aliphatic carbocycles. The van der Waals surface area contributed by atoms with Crippen molar-refractivity contribution in [1.82, 2.24) is 14.9 Å². The molecule has 1 aromatic carbocycles. The molecule has 0 fully saturated rings. The minimum Gasteiger partial charge on any atom is -0.268 e. The highest BCUT2D eigenvalue weighted by atomic mass is 32.2. The van der Waals surface area contributed by atoms with Gasteiger partial charge in [0.1, 0.15) is 5.82 Å². The Bertz CT molecular complexity index is 757. The van der Waals surface area contributed by atoms with Crippen LogP contribution < -0.4 is 5.43 Å². The number of thioether (sulfide) groups is 1. The summed E-state index contributed by atoms with van der Waals surface area (Å²) in [6, 6.07) is 6.03. The number of rotatable bonds is 6. The van der Waals surface area contributed by atoms with E-state index in [1.165, 1.54) is 40.7 Å². The largest absolute Gasteiger partial charge is 0.270 e. The molecule has 1 aromatic heterocycles. The number of carbonyl (C=O) groups excluding carboxylic acids is 1. The summed E-state index contributed by atoms with van der Waals surface area (Å²) in [5.41, 5.74) is 3.21. The molecule has 8 nitrogen and oxygen atoms in total. The van der Waals surface area contributed by atoms with E-state index in [0.717, 1.165) is 5.75 Å². The lowest BCUT2D eigenvalue weighted by Crippen LogP contribution is -2.22. The molecule has 1 amide bonds. The Hall–Kier alpha value is -2.68. The molecule has 23 heavy (non-hydrogen) atoms. The number of nitrogens with one attached hydrogen (secondary N) is 1. The van der Waals surface area contributed by atoms with Gasteiger partial charge in [0.05, 0.1) is 4.92 Å². The molecule has 0 spiro atoms. The van der Waals surface area contributed by atoms with Gasteiger partial charge in [0.15, 0.2) is 0 Å². The maximum absolute atomic E-state index is 12.0. The van der Waals surface area contributed by atoms with Crippen molar-refractivity contribution in [3.63, 3.8) is 0 Å². The van der Waals surface area contributed by atoms with Crippen LogP contribution in [0, 0.1) is 17.0 Å². The molecule has 1 heterocycles. The lowest BCUT2D eigenvalue weighted by Gasteiger charge is -2.07. The summed E-state index contributed by atoms with van der Waals surface area (Å²) in [7, 11) is 0. The predicted molar refractivity (Wildman–Crippen MR) is 87.7 cm³/mol. The number of aryl methyl sites for hydroxylation is 1. The second kappa shape index (κ2) is 7.54. The van der Waals surface area contributed by atoms with E-state index in [0.29, 0.717) is 16.5 Å². The summed E-state index contributed by atoms with van der Waals surface area (Å²) in [6.07, 6.45) is 2.81. The van der Waals surface area contributed by atoms with Gasteiger partial charge >= 0.3 is 0 Å². The molecule has 0 unspecified atom stereocenters. The maximum Gasteiger partial charge on any atom is 0.270 e. The van der Waals surface area contributed by atoms with E-state index in [9.17, 15) is 14.9 Å². The molecule has 0 bridgehead atoms. The molecule has 120 valence electrons. The number of nitrogens with zero attached hydrogens (tertiary/aromatic N) is 4. The normalized spacial score (nSPS) is 10.9. The van der Waals surface area contributed by atoms with E-state index in [-0.39, 0.29) is 11.6 Å². The Labute approximate surface area is 136 Å². The van der Waals surface area contributed by atoms with Crippen molar-refractivity contribution in [3.05, 3.63) is 51.8 Å². The number of amides is 1. The third-order valence-electron chi connectivity index (χ3n) is 2.80. The van der Waals surface area contributed by atoms with Crippen LogP contribution in [0.3, 0.4) is 0 Å². The van der Waals surface area contributed by atoms with Crippen LogP contribution in [0.4, 0.5) is 5.69 Å². The number of nitro groups is 1. The minimum absolute atomic E-state index is 0.0242. The topological polar surface area (TPSA) is 103 Å². The molecule has 0 atom stereocenters. The lowest BCUT2D eigenvalue weighted by molar-refractivity contribution is -0.384. The maximum atomic E-state index is 12.0. The average molecular weight is 333 g/mol. The minimum atomic E-state index is -0.480. The molecule has 0 saturated heterocycles. The van der Waals surface area contributed by atoms with Gasteiger partial charge < -0.3 is 0 Å². The Balaban J connectivity index is 2.09. The summed E-state index contributed by atoms with van der Waals surface area (Å²) in [5.74, 6) is 0.993. The number of aromatic nitrogens is 3. The van der Waals surface area contributed by atoms with Crippen molar-refractivity contribution in [2.45, 2.75) is 19.0 Å². The molecule has 9 heteroatoms. The third kappa shape index (κ3) is 4.39. The molecule has 0 aliphatic heterocycles. The SMILES string of the molecule is CCSc1nnc(C)n1NC(=O)C=Cc1cccc([N+](=O)[O-])c1. The van der Waals surface area contributed by atoms with Gasteiger partial charge in [-0.15, -0.1) is 10.2 Å². The first-order valence-electron chi connectivity index (χ1n) is 6.79. The van der Waals surface area contributed by atoms with Gasteiger partial charge in [-0.1, -0.05) is 30.8 Å². The quantitative estimate of drug-likeness (QED) is 0.377. The first kappa shape index (κ1) is 16.7. The van der Waals surface area contributed by atoms with Crippen LogP contribution in [-0.2, 0) is 4.79 Å². The Kier molecular flexibility index (Phi) is 5.47. The number of hydrogen-bond donors (Lipinski definition) is 1. The number of hydrogen-bond acceptors (Lipinski definition) is 6. The lowest BCUT2D eigenvalue weighted by atomic mass is 10.2. The zero-order valence-corrected chi connectivity index (χ0v) is 13.4. The summed E-state index contributed by atoms with van der Waals surface area (Å²) in [5, 5.41) is 19.2. The second-order valence-corrected chi connectivity index (χ2v) is 5.69. The van der Waals surface area contributed by atoms with Crippen molar-refractivity contribution in [2.75, 3.05) is 11.2 Å². The van der Waals surface area contributed by atoms with Crippen molar-refractivity contribution in [1.29, 1.82) is 0 Å². The molecule has 2 rings (SSSR count). The van der Waals surface area contributed by atoms with Gasteiger partial charge in [-0.2, -0.15) is 0 Å². The van der Waals surface area contributed by atoms with Gasteiger partial charge in [-0.3, -0.25) is 20.3 Å². The van der Waals surface area contributed by atoms with Crippen LogP contribution in [0.5, 0.6) is 0 Å². The standard InChI is InChI=1S/C14H15N5O3S/c1-3-23-14-16-15-10(2)18(14)17-13(20)8-7-11-5-4-6-12(9-11)19(21)22/h4-9H,3H2,1-2H3,(H,17,20). The number of nitro benzene ring substituents is 1. The smallest absolute Gasteiger partial charge is 0.268 e. The van der Waals surface area contributed by atoms with Crippen LogP contribution in [0.15, 0.2) is 35.5 Å². The average Bonchev–Trinajstić information content (AvgIpc) is 2.87. The van der Waals surface area contributed by atoms with E-state index in [2.05, 4.69) is 15.6 Å². The molecule has 0 saturated carbocycles. The van der Waals surface area contributed by atoms with Crippen LogP contribution >= 0.6 is 11.8 Å². The molecule has 0 aliphatic rings. The van der Waals surface area contributed by atoms with Gasteiger partial charge in [0, 0.05) is 18.2 Å². The third-order valence-corrected chi connectivity index (χ3v) is 3.61.